The molecule has 1 unspecified atom stereocenters. The molecule has 1 aliphatic rings. The first-order valence-electron chi connectivity index (χ1n) is 4.76. The maximum absolute atomic E-state index is 5.57. The van der Waals surface area contributed by atoms with E-state index in [2.05, 4.69) is 10.5 Å². The van der Waals surface area contributed by atoms with E-state index in [1.807, 2.05) is 0 Å². The molecule has 1 aromatic rings. The zero-order chi connectivity index (χ0) is 9.80. The molecule has 1 saturated heterocycles. The molecule has 0 aliphatic carbocycles. The molecule has 2 heterocycles. The summed E-state index contributed by atoms with van der Waals surface area (Å²) in [4.78, 5) is 0. The lowest BCUT2D eigenvalue weighted by Crippen LogP contribution is -2.37. The molecule has 14 heavy (non-hydrogen) atoms. The van der Waals surface area contributed by atoms with Crippen molar-refractivity contribution in [3.63, 3.8) is 0 Å². The average Bonchev–Trinajstić information content (AvgIpc) is 2.67. The van der Waals surface area contributed by atoms with Crippen molar-refractivity contribution in [1.82, 2.24) is 10.5 Å². The molecular weight excluding hydrogens is 184 g/mol. The molecule has 5 heteroatoms. The van der Waals surface area contributed by atoms with Gasteiger partial charge < -0.3 is 19.3 Å². The summed E-state index contributed by atoms with van der Waals surface area (Å²) >= 11 is 0. The Balaban J connectivity index is 1.89. The first-order chi connectivity index (χ1) is 6.88. The van der Waals surface area contributed by atoms with Crippen LogP contribution in [0.2, 0.25) is 0 Å². The lowest BCUT2D eigenvalue weighted by Gasteiger charge is -2.21. The van der Waals surface area contributed by atoms with Crippen LogP contribution in [-0.4, -0.2) is 31.5 Å². The van der Waals surface area contributed by atoms with Gasteiger partial charge in [-0.15, -0.1) is 0 Å². The third-order valence-corrected chi connectivity index (χ3v) is 2.21. The summed E-state index contributed by atoms with van der Waals surface area (Å²) in [5.74, 6) is 0.874. The number of piperidine rings is 1. The quantitative estimate of drug-likeness (QED) is 0.779. The Bertz CT molecular complexity index is 281. The van der Waals surface area contributed by atoms with Crippen LogP contribution in [0, 0.1) is 0 Å². The second-order valence-electron chi connectivity index (χ2n) is 3.27. The van der Waals surface area contributed by atoms with Gasteiger partial charge in [-0.1, -0.05) is 0 Å². The van der Waals surface area contributed by atoms with E-state index in [0.29, 0.717) is 11.8 Å². The van der Waals surface area contributed by atoms with Crippen molar-refractivity contribution in [3.05, 3.63) is 6.07 Å². The molecule has 0 aromatic carbocycles. The summed E-state index contributed by atoms with van der Waals surface area (Å²) < 4.78 is 15.4. The van der Waals surface area contributed by atoms with E-state index in [1.165, 1.54) is 0 Å². The van der Waals surface area contributed by atoms with Gasteiger partial charge in [0.2, 0.25) is 0 Å². The SMILES string of the molecule is COc1cc(OC2CCCNC2)on1. The summed E-state index contributed by atoms with van der Waals surface area (Å²) in [6.07, 6.45) is 2.37. The molecule has 0 amide bonds. The highest BCUT2D eigenvalue weighted by molar-refractivity contribution is 5.15. The van der Waals surface area contributed by atoms with Gasteiger partial charge in [0.25, 0.3) is 5.88 Å². The molecule has 0 bridgehead atoms. The van der Waals surface area contributed by atoms with Gasteiger partial charge in [0.15, 0.2) is 0 Å². The smallest absolute Gasteiger partial charge is 0.315 e. The van der Waals surface area contributed by atoms with Crippen LogP contribution in [0.15, 0.2) is 10.6 Å². The van der Waals surface area contributed by atoms with Crippen molar-refractivity contribution in [2.24, 2.45) is 0 Å². The maximum Gasteiger partial charge on any atom is 0.315 e. The lowest BCUT2D eigenvalue weighted by molar-refractivity contribution is 0.118. The Hall–Kier alpha value is -1.23. The van der Waals surface area contributed by atoms with Gasteiger partial charge in [-0.2, -0.15) is 0 Å². The van der Waals surface area contributed by atoms with Gasteiger partial charge in [-0.05, 0) is 24.5 Å². The number of hydrogen-bond acceptors (Lipinski definition) is 5. The number of nitrogens with one attached hydrogen (secondary N) is 1. The van der Waals surface area contributed by atoms with Crippen molar-refractivity contribution in [2.75, 3.05) is 20.2 Å². The zero-order valence-corrected chi connectivity index (χ0v) is 8.16. The summed E-state index contributed by atoms with van der Waals surface area (Å²) in [5.41, 5.74) is 0. The van der Waals surface area contributed by atoms with E-state index in [4.69, 9.17) is 14.0 Å². The fourth-order valence-corrected chi connectivity index (χ4v) is 1.48. The van der Waals surface area contributed by atoms with Gasteiger partial charge in [-0.25, -0.2) is 0 Å². The number of nitrogens with zero attached hydrogens (tertiary/aromatic N) is 1. The highest BCUT2D eigenvalue weighted by atomic mass is 16.6. The van der Waals surface area contributed by atoms with Crippen LogP contribution >= 0.6 is 0 Å². The van der Waals surface area contributed by atoms with Gasteiger partial charge in [0.1, 0.15) is 6.10 Å². The van der Waals surface area contributed by atoms with Crippen LogP contribution in [0.4, 0.5) is 0 Å². The molecule has 5 nitrogen and oxygen atoms in total. The third kappa shape index (κ3) is 2.17. The van der Waals surface area contributed by atoms with Gasteiger partial charge in [-0.3, -0.25) is 0 Å². The van der Waals surface area contributed by atoms with Gasteiger partial charge >= 0.3 is 5.95 Å². The Morgan fingerprint density at radius 2 is 2.57 bits per heavy atom. The van der Waals surface area contributed by atoms with Gasteiger partial charge in [0.05, 0.1) is 13.2 Å². The van der Waals surface area contributed by atoms with Crippen molar-refractivity contribution in [1.29, 1.82) is 0 Å². The molecule has 78 valence electrons. The Morgan fingerprint density at radius 1 is 1.64 bits per heavy atom. The summed E-state index contributed by atoms with van der Waals surface area (Å²) in [5, 5.41) is 6.92. The van der Waals surface area contributed by atoms with Gasteiger partial charge in [0, 0.05) is 6.54 Å². The predicted octanol–water partition coefficient (Wildman–Crippen LogP) is 0.814. The number of ether oxygens (including phenoxy) is 2. The third-order valence-electron chi connectivity index (χ3n) is 2.21. The minimum Gasteiger partial charge on any atom is -0.479 e. The fraction of sp³-hybridized carbons (Fsp3) is 0.667. The maximum atomic E-state index is 5.57. The number of aromatic nitrogens is 1. The highest BCUT2D eigenvalue weighted by Crippen LogP contribution is 2.20. The highest BCUT2D eigenvalue weighted by Gasteiger charge is 2.16. The van der Waals surface area contributed by atoms with Crippen molar-refractivity contribution in [2.45, 2.75) is 18.9 Å². The zero-order valence-electron chi connectivity index (χ0n) is 8.16. The monoisotopic (exact) mass is 198 g/mol. The molecule has 1 N–H and O–H groups in total. The molecule has 1 aliphatic heterocycles. The van der Waals surface area contributed by atoms with Crippen molar-refractivity contribution < 1.29 is 14.0 Å². The second kappa shape index (κ2) is 4.32. The number of hydrogen-bond donors (Lipinski definition) is 1. The van der Waals surface area contributed by atoms with E-state index >= 15 is 0 Å². The largest absolute Gasteiger partial charge is 0.479 e. The fourth-order valence-electron chi connectivity index (χ4n) is 1.48. The predicted molar refractivity (Wildman–Crippen MR) is 49.6 cm³/mol. The van der Waals surface area contributed by atoms with E-state index in [1.54, 1.807) is 13.2 Å². The van der Waals surface area contributed by atoms with Crippen molar-refractivity contribution in [3.8, 4) is 11.8 Å². The molecule has 1 aromatic heterocycles. The number of rotatable bonds is 3. The van der Waals surface area contributed by atoms with Crippen LogP contribution in [0.25, 0.3) is 0 Å². The standard InChI is InChI=1S/C9H14N2O3/c1-12-8-5-9(14-11-8)13-7-3-2-4-10-6-7/h5,7,10H,2-4,6H2,1H3. The van der Waals surface area contributed by atoms with Crippen molar-refractivity contribution >= 4 is 0 Å². The Labute approximate surface area is 82.4 Å². The molecule has 0 spiro atoms. The molecule has 1 atom stereocenters. The normalized spacial score (nSPS) is 21.9. The summed E-state index contributed by atoms with van der Waals surface area (Å²) in [7, 11) is 1.55. The molecule has 2 rings (SSSR count). The minimum atomic E-state index is 0.182. The summed E-state index contributed by atoms with van der Waals surface area (Å²) in [6.45, 7) is 1.93. The molecular formula is C9H14N2O3. The van der Waals surface area contributed by atoms with Crippen LogP contribution in [0.3, 0.4) is 0 Å². The van der Waals surface area contributed by atoms with Crippen LogP contribution in [0.5, 0.6) is 11.8 Å². The lowest BCUT2D eigenvalue weighted by atomic mass is 10.1. The molecule has 1 fully saturated rings. The second-order valence-corrected chi connectivity index (χ2v) is 3.27. The summed E-state index contributed by atoms with van der Waals surface area (Å²) in [6, 6.07) is 1.65. The number of methoxy groups -OCH3 is 1. The topological polar surface area (TPSA) is 56.5 Å². The minimum absolute atomic E-state index is 0.182. The van der Waals surface area contributed by atoms with E-state index in [9.17, 15) is 0 Å². The van der Waals surface area contributed by atoms with E-state index in [-0.39, 0.29) is 6.10 Å². The van der Waals surface area contributed by atoms with Crippen LogP contribution < -0.4 is 14.8 Å². The van der Waals surface area contributed by atoms with E-state index < -0.39 is 0 Å². The Morgan fingerprint density at radius 3 is 3.21 bits per heavy atom. The molecule has 0 saturated carbocycles. The van der Waals surface area contributed by atoms with Crippen LogP contribution in [0.1, 0.15) is 12.8 Å². The van der Waals surface area contributed by atoms with Crippen LogP contribution in [-0.2, 0) is 0 Å². The van der Waals surface area contributed by atoms with E-state index in [0.717, 1.165) is 25.9 Å². The first-order valence-corrected chi connectivity index (χ1v) is 4.76. The first kappa shape index (κ1) is 9.33. The molecule has 0 radical (unpaired) electrons. The average molecular weight is 198 g/mol. The Kier molecular flexibility index (Phi) is 2.88.